The lowest BCUT2D eigenvalue weighted by molar-refractivity contribution is 0.415. The molecule has 0 amide bonds. The molecule has 0 saturated heterocycles. The third kappa shape index (κ3) is 4.07. The van der Waals surface area contributed by atoms with E-state index in [0.717, 1.165) is 12.3 Å². The van der Waals surface area contributed by atoms with Crippen LogP contribution in [0.3, 0.4) is 0 Å². The van der Waals surface area contributed by atoms with Gasteiger partial charge < -0.3 is 9.64 Å². The van der Waals surface area contributed by atoms with Gasteiger partial charge in [0.05, 0.1) is 7.11 Å². The fourth-order valence-electron chi connectivity index (χ4n) is 2.19. The molecule has 0 fully saturated rings. The fourth-order valence-corrected chi connectivity index (χ4v) is 3.73. The number of nitrogens with zero attached hydrogens (tertiary/aromatic N) is 1. The standard InChI is InChI=1S/C17H20INOS/c1-4-19(14-7-9-15(20-2)10-8-14)17(18)13-5-11-16(21-3)12-6-13/h5-12,17H,4H2,1-3H3. The van der Waals surface area contributed by atoms with Gasteiger partial charge in [-0.05, 0) is 55.1 Å². The Morgan fingerprint density at radius 2 is 1.71 bits per heavy atom. The van der Waals surface area contributed by atoms with Gasteiger partial charge in [-0.1, -0.05) is 34.7 Å². The summed E-state index contributed by atoms with van der Waals surface area (Å²) >= 11 is 4.28. The van der Waals surface area contributed by atoms with Crippen molar-refractivity contribution in [1.29, 1.82) is 0 Å². The molecule has 2 nitrogen and oxygen atoms in total. The van der Waals surface area contributed by atoms with Crippen molar-refractivity contribution in [3.63, 3.8) is 0 Å². The molecule has 4 heteroatoms. The summed E-state index contributed by atoms with van der Waals surface area (Å²) in [6.45, 7) is 3.15. The highest BCUT2D eigenvalue weighted by atomic mass is 127. The lowest BCUT2D eigenvalue weighted by Crippen LogP contribution is -2.24. The minimum Gasteiger partial charge on any atom is -0.497 e. The predicted octanol–water partition coefficient (Wildman–Crippen LogP) is 5.38. The van der Waals surface area contributed by atoms with Gasteiger partial charge in [-0.2, -0.15) is 0 Å². The molecule has 1 atom stereocenters. The van der Waals surface area contributed by atoms with Crippen molar-refractivity contribution in [2.45, 2.75) is 15.9 Å². The first kappa shape index (κ1) is 16.5. The highest BCUT2D eigenvalue weighted by Crippen LogP contribution is 2.33. The summed E-state index contributed by atoms with van der Waals surface area (Å²) in [5.74, 6) is 0.893. The Morgan fingerprint density at radius 3 is 2.19 bits per heavy atom. The molecule has 0 aliphatic rings. The van der Waals surface area contributed by atoms with E-state index in [2.05, 4.69) is 77.1 Å². The van der Waals surface area contributed by atoms with Gasteiger partial charge in [0.2, 0.25) is 0 Å². The van der Waals surface area contributed by atoms with Crippen LogP contribution in [0.25, 0.3) is 0 Å². The molecule has 0 heterocycles. The van der Waals surface area contributed by atoms with Crippen molar-refractivity contribution in [2.75, 3.05) is 24.8 Å². The number of hydrogen-bond donors (Lipinski definition) is 0. The number of alkyl halides is 1. The molecular formula is C17H20INOS. The summed E-state index contributed by atoms with van der Waals surface area (Å²) < 4.78 is 5.55. The molecule has 0 aliphatic carbocycles. The van der Waals surface area contributed by atoms with Gasteiger partial charge >= 0.3 is 0 Å². The van der Waals surface area contributed by atoms with Crippen LogP contribution in [0.4, 0.5) is 5.69 Å². The van der Waals surface area contributed by atoms with Crippen LogP contribution in [0.15, 0.2) is 53.4 Å². The van der Waals surface area contributed by atoms with E-state index in [4.69, 9.17) is 4.74 Å². The number of ether oxygens (including phenoxy) is 1. The van der Waals surface area contributed by atoms with Crippen molar-refractivity contribution in [1.82, 2.24) is 0 Å². The van der Waals surface area contributed by atoms with Crippen molar-refractivity contribution in [2.24, 2.45) is 0 Å². The molecule has 21 heavy (non-hydrogen) atoms. The molecule has 2 aromatic rings. The van der Waals surface area contributed by atoms with Crippen LogP contribution in [-0.2, 0) is 0 Å². The molecule has 0 bridgehead atoms. The number of hydrogen-bond acceptors (Lipinski definition) is 3. The second-order valence-corrected chi connectivity index (χ2v) is 6.65. The Hall–Kier alpha value is -0.880. The van der Waals surface area contributed by atoms with Gasteiger partial charge in [-0.15, -0.1) is 11.8 Å². The number of thioether (sulfide) groups is 1. The van der Waals surface area contributed by atoms with Gasteiger partial charge in [0.1, 0.15) is 9.80 Å². The van der Waals surface area contributed by atoms with Crippen molar-refractivity contribution < 1.29 is 4.74 Å². The zero-order valence-corrected chi connectivity index (χ0v) is 15.5. The lowest BCUT2D eigenvalue weighted by Gasteiger charge is -2.29. The second kappa shape index (κ2) is 7.94. The molecule has 1 unspecified atom stereocenters. The molecular weight excluding hydrogens is 393 g/mol. The highest BCUT2D eigenvalue weighted by Gasteiger charge is 2.16. The lowest BCUT2D eigenvalue weighted by atomic mass is 10.2. The summed E-state index contributed by atoms with van der Waals surface area (Å²) in [6, 6.07) is 17.1. The van der Waals surface area contributed by atoms with Crippen LogP contribution in [0, 0.1) is 0 Å². The van der Waals surface area contributed by atoms with E-state index in [9.17, 15) is 0 Å². The third-order valence-corrected chi connectivity index (χ3v) is 5.54. The average Bonchev–Trinajstić information content (AvgIpc) is 2.56. The van der Waals surface area contributed by atoms with Crippen LogP contribution < -0.4 is 9.64 Å². The maximum Gasteiger partial charge on any atom is 0.119 e. The first-order valence-electron chi connectivity index (χ1n) is 6.88. The zero-order valence-electron chi connectivity index (χ0n) is 12.5. The minimum absolute atomic E-state index is 0.317. The van der Waals surface area contributed by atoms with E-state index in [1.807, 2.05) is 12.1 Å². The third-order valence-electron chi connectivity index (χ3n) is 3.41. The quantitative estimate of drug-likeness (QED) is 0.273. The number of benzene rings is 2. The number of anilines is 1. The van der Waals surface area contributed by atoms with Gasteiger partial charge in [-0.25, -0.2) is 0 Å². The van der Waals surface area contributed by atoms with E-state index >= 15 is 0 Å². The Kier molecular flexibility index (Phi) is 6.23. The summed E-state index contributed by atoms with van der Waals surface area (Å²) in [6.07, 6.45) is 2.10. The summed E-state index contributed by atoms with van der Waals surface area (Å²) in [5, 5.41) is 0. The molecule has 2 aromatic carbocycles. The number of methoxy groups -OCH3 is 1. The summed E-state index contributed by atoms with van der Waals surface area (Å²) in [4.78, 5) is 3.68. The monoisotopic (exact) mass is 413 g/mol. The smallest absolute Gasteiger partial charge is 0.119 e. The minimum atomic E-state index is 0.317. The first-order valence-corrected chi connectivity index (χ1v) is 9.35. The molecule has 0 aromatic heterocycles. The normalized spacial score (nSPS) is 12.0. The van der Waals surface area contributed by atoms with E-state index < -0.39 is 0 Å². The van der Waals surface area contributed by atoms with Crippen molar-refractivity contribution in [3.8, 4) is 5.75 Å². The Morgan fingerprint density at radius 1 is 1.10 bits per heavy atom. The topological polar surface area (TPSA) is 12.5 Å². The predicted molar refractivity (Wildman–Crippen MR) is 101 cm³/mol. The maximum atomic E-state index is 5.23. The Bertz CT molecular complexity index is 556. The molecule has 0 spiro atoms. The van der Waals surface area contributed by atoms with E-state index in [1.54, 1.807) is 18.9 Å². The molecule has 112 valence electrons. The molecule has 0 aliphatic heterocycles. The van der Waals surface area contributed by atoms with E-state index in [-0.39, 0.29) is 0 Å². The van der Waals surface area contributed by atoms with Crippen molar-refractivity contribution >= 4 is 40.0 Å². The second-order valence-electron chi connectivity index (χ2n) is 4.59. The van der Waals surface area contributed by atoms with Crippen LogP contribution in [-0.4, -0.2) is 19.9 Å². The van der Waals surface area contributed by atoms with Gasteiger partial charge in [0.15, 0.2) is 0 Å². The van der Waals surface area contributed by atoms with Gasteiger partial charge in [-0.3, -0.25) is 0 Å². The van der Waals surface area contributed by atoms with Crippen LogP contribution in [0.5, 0.6) is 5.75 Å². The molecule has 0 radical (unpaired) electrons. The first-order chi connectivity index (χ1) is 10.2. The molecule has 0 saturated carbocycles. The van der Waals surface area contributed by atoms with Gasteiger partial charge in [0, 0.05) is 17.1 Å². The zero-order chi connectivity index (χ0) is 15.2. The maximum absolute atomic E-state index is 5.23. The van der Waals surface area contributed by atoms with Crippen LogP contribution in [0.1, 0.15) is 16.5 Å². The summed E-state index contributed by atoms with van der Waals surface area (Å²) in [7, 11) is 1.70. The van der Waals surface area contributed by atoms with Crippen LogP contribution in [0.2, 0.25) is 0 Å². The Balaban J connectivity index is 2.21. The van der Waals surface area contributed by atoms with E-state index in [1.165, 1.54) is 16.1 Å². The van der Waals surface area contributed by atoms with E-state index in [0.29, 0.717) is 4.05 Å². The SMILES string of the molecule is CCN(c1ccc(OC)cc1)C(I)c1ccc(SC)cc1. The van der Waals surface area contributed by atoms with Crippen molar-refractivity contribution in [3.05, 3.63) is 54.1 Å². The Labute approximate surface area is 145 Å². The average molecular weight is 413 g/mol. The fraction of sp³-hybridized carbons (Fsp3) is 0.294. The van der Waals surface area contributed by atoms with Crippen LogP contribution >= 0.6 is 34.4 Å². The largest absolute Gasteiger partial charge is 0.497 e. The summed E-state index contributed by atoms with van der Waals surface area (Å²) in [5.41, 5.74) is 2.54. The molecule has 0 N–H and O–H groups in total. The number of rotatable bonds is 6. The molecule has 2 rings (SSSR count). The highest BCUT2D eigenvalue weighted by molar-refractivity contribution is 14.1. The van der Waals surface area contributed by atoms with Gasteiger partial charge in [0.25, 0.3) is 0 Å². The number of halogens is 1.